The number of carbonyl (C=O) groups excluding carboxylic acids is 1. The number of carbonyl (C=O) groups is 1. The molecule has 0 unspecified atom stereocenters. The first-order valence-corrected chi connectivity index (χ1v) is 9.56. The van der Waals surface area contributed by atoms with Gasteiger partial charge in [-0.3, -0.25) is 9.78 Å². The molecule has 26 heavy (non-hydrogen) atoms. The molecule has 0 radical (unpaired) electrons. The highest BCUT2D eigenvalue weighted by molar-refractivity contribution is 5.94. The summed E-state index contributed by atoms with van der Waals surface area (Å²) < 4.78 is 0. The molecule has 1 amide bonds. The number of piperazine rings is 1. The minimum atomic E-state index is 0.154. The molecule has 2 aliphatic heterocycles. The van der Waals surface area contributed by atoms with Gasteiger partial charge in [0.2, 0.25) is 0 Å². The maximum absolute atomic E-state index is 13.0. The topological polar surface area (TPSA) is 48.5 Å². The SMILES string of the molecule is O=C(c1cccc([C@H]2CCCNC2)c1)N1CCN(c2cccnc2)CC1. The van der Waals surface area contributed by atoms with Crippen LogP contribution in [0.5, 0.6) is 0 Å². The number of amides is 1. The monoisotopic (exact) mass is 350 g/mol. The van der Waals surface area contributed by atoms with Crippen LogP contribution in [-0.2, 0) is 0 Å². The van der Waals surface area contributed by atoms with Crippen LogP contribution < -0.4 is 10.2 Å². The van der Waals surface area contributed by atoms with Crippen molar-refractivity contribution in [1.29, 1.82) is 0 Å². The van der Waals surface area contributed by atoms with E-state index in [1.54, 1.807) is 6.20 Å². The Hall–Kier alpha value is -2.40. The normalized spacial score (nSPS) is 20.8. The first-order valence-electron chi connectivity index (χ1n) is 9.56. The van der Waals surface area contributed by atoms with Crippen LogP contribution in [0.4, 0.5) is 5.69 Å². The smallest absolute Gasteiger partial charge is 0.253 e. The van der Waals surface area contributed by atoms with E-state index in [4.69, 9.17) is 0 Å². The van der Waals surface area contributed by atoms with E-state index in [2.05, 4.69) is 33.4 Å². The Labute approximate surface area is 155 Å². The van der Waals surface area contributed by atoms with E-state index in [1.165, 1.54) is 18.4 Å². The molecule has 1 aromatic carbocycles. The van der Waals surface area contributed by atoms with Crippen LogP contribution in [-0.4, -0.2) is 55.1 Å². The van der Waals surface area contributed by atoms with Crippen LogP contribution in [0.2, 0.25) is 0 Å². The fourth-order valence-corrected chi connectivity index (χ4v) is 3.95. The molecule has 4 rings (SSSR count). The van der Waals surface area contributed by atoms with Gasteiger partial charge in [-0.05, 0) is 55.1 Å². The van der Waals surface area contributed by atoms with E-state index in [0.717, 1.165) is 50.5 Å². The maximum Gasteiger partial charge on any atom is 0.253 e. The summed E-state index contributed by atoms with van der Waals surface area (Å²) >= 11 is 0. The molecule has 1 aromatic heterocycles. The Balaban J connectivity index is 1.40. The highest BCUT2D eigenvalue weighted by atomic mass is 16.2. The summed E-state index contributed by atoms with van der Waals surface area (Å²) in [5.74, 6) is 0.681. The van der Waals surface area contributed by atoms with Gasteiger partial charge >= 0.3 is 0 Å². The molecule has 0 spiro atoms. The van der Waals surface area contributed by atoms with Crippen molar-refractivity contribution < 1.29 is 4.79 Å². The Morgan fingerprint density at radius 2 is 2.00 bits per heavy atom. The van der Waals surface area contributed by atoms with E-state index in [1.807, 2.05) is 29.3 Å². The van der Waals surface area contributed by atoms with Gasteiger partial charge in [-0.25, -0.2) is 0 Å². The lowest BCUT2D eigenvalue weighted by molar-refractivity contribution is 0.0746. The third kappa shape index (κ3) is 3.73. The molecule has 2 aromatic rings. The number of anilines is 1. The highest BCUT2D eigenvalue weighted by Gasteiger charge is 2.23. The molecule has 5 heteroatoms. The molecule has 0 aliphatic carbocycles. The van der Waals surface area contributed by atoms with Gasteiger partial charge in [0, 0.05) is 44.5 Å². The fourth-order valence-electron chi connectivity index (χ4n) is 3.95. The Kier molecular flexibility index (Phi) is 5.16. The second kappa shape index (κ2) is 7.87. The molecular formula is C21H26N4O. The Morgan fingerprint density at radius 1 is 1.12 bits per heavy atom. The van der Waals surface area contributed by atoms with Crippen molar-refractivity contribution in [2.24, 2.45) is 0 Å². The number of pyridine rings is 1. The Morgan fingerprint density at radius 3 is 2.73 bits per heavy atom. The van der Waals surface area contributed by atoms with Crippen LogP contribution >= 0.6 is 0 Å². The second-order valence-corrected chi connectivity index (χ2v) is 7.16. The summed E-state index contributed by atoms with van der Waals surface area (Å²) in [6.45, 7) is 5.33. The third-order valence-corrected chi connectivity index (χ3v) is 5.48. The standard InChI is InChI=1S/C21H26N4O/c26-21(18-5-1-4-17(14-18)19-6-2-8-22-15-19)25-12-10-24(11-13-25)20-7-3-9-23-16-20/h1,3-5,7,9,14,16,19,22H,2,6,8,10-13,15H2/t19-/m0/s1. The van der Waals surface area contributed by atoms with Crippen molar-refractivity contribution in [3.05, 3.63) is 59.9 Å². The van der Waals surface area contributed by atoms with Crippen LogP contribution in [0.1, 0.15) is 34.7 Å². The van der Waals surface area contributed by atoms with Crippen molar-refractivity contribution in [2.75, 3.05) is 44.2 Å². The third-order valence-electron chi connectivity index (χ3n) is 5.48. The molecule has 0 bridgehead atoms. The van der Waals surface area contributed by atoms with Crippen molar-refractivity contribution >= 4 is 11.6 Å². The summed E-state index contributed by atoms with van der Waals surface area (Å²) in [4.78, 5) is 21.4. The zero-order valence-corrected chi connectivity index (χ0v) is 15.1. The number of piperidine rings is 1. The summed E-state index contributed by atoms with van der Waals surface area (Å²) in [6.07, 6.45) is 6.09. The number of hydrogen-bond acceptors (Lipinski definition) is 4. The van der Waals surface area contributed by atoms with Gasteiger partial charge in [-0.15, -0.1) is 0 Å². The highest BCUT2D eigenvalue weighted by Crippen LogP contribution is 2.24. The number of nitrogens with zero attached hydrogens (tertiary/aromatic N) is 3. The van der Waals surface area contributed by atoms with Crippen molar-refractivity contribution in [1.82, 2.24) is 15.2 Å². The average molecular weight is 350 g/mol. The number of hydrogen-bond donors (Lipinski definition) is 1. The van der Waals surface area contributed by atoms with Crippen molar-refractivity contribution in [2.45, 2.75) is 18.8 Å². The lowest BCUT2D eigenvalue weighted by Crippen LogP contribution is -2.48. The molecule has 1 atom stereocenters. The average Bonchev–Trinajstić information content (AvgIpc) is 2.75. The summed E-state index contributed by atoms with van der Waals surface area (Å²) in [5, 5.41) is 3.46. The number of aromatic nitrogens is 1. The maximum atomic E-state index is 13.0. The van der Waals surface area contributed by atoms with Crippen LogP contribution in [0.3, 0.4) is 0 Å². The molecule has 2 fully saturated rings. The van der Waals surface area contributed by atoms with Gasteiger partial charge in [-0.2, -0.15) is 0 Å². The van der Waals surface area contributed by atoms with E-state index in [0.29, 0.717) is 5.92 Å². The summed E-state index contributed by atoms with van der Waals surface area (Å²) in [6, 6.07) is 12.3. The second-order valence-electron chi connectivity index (χ2n) is 7.16. The van der Waals surface area contributed by atoms with Gasteiger partial charge in [0.25, 0.3) is 5.91 Å². The molecule has 1 N–H and O–H groups in total. The van der Waals surface area contributed by atoms with Gasteiger partial charge in [0.1, 0.15) is 0 Å². The zero-order chi connectivity index (χ0) is 17.8. The lowest BCUT2D eigenvalue weighted by atomic mass is 9.90. The first-order chi connectivity index (χ1) is 12.8. The van der Waals surface area contributed by atoms with Crippen LogP contribution in [0, 0.1) is 0 Å². The minimum Gasteiger partial charge on any atom is -0.367 e. The molecule has 2 saturated heterocycles. The minimum absolute atomic E-state index is 0.154. The summed E-state index contributed by atoms with van der Waals surface area (Å²) in [7, 11) is 0. The largest absolute Gasteiger partial charge is 0.367 e. The van der Waals surface area contributed by atoms with E-state index >= 15 is 0 Å². The lowest BCUT2D eigenvalue weighted by Gasteiger charge is -2.36. The van der Waals surface area contributed by atoms with Crippen LogP contribution in [0.15, 0.2) is 48.8 Å². The predicted molar refractivity (Wildman–Crippen MR) is 104 cm³/mol. The number of rotatable bonds is 3. The quantitative estimate of drug-likeness (QED) is 0.924. The molecule has 0 saturated carbocycles. The van der Waals surface area contributed by atoms with Gasteiger partial charge < -0.3 is 15.1 Å². The molecular weight excluding hydrogens is 324 g/mol. The first kappa shape index (κ1) is 17.0. The predicted octanol–water partition coefficient (Wildman–Crippen LogP) is 2.51. The summed E-state index contributed by atoms with van der Waals surface area (Å²) in [5.41, 5.74) is 3.24. The number of benzene rings is 1. The van der Waals surface area contributed by atoms with Crippen molar-refractivity contribution in [3.8, 4) is 0 Å². The molecule has 136 valence electrons. The van der Waals surface area contributed by atoms with Gasteiger partial charge in [0.15, 0.2) is 0 Å². The van der Waals surface area contributed by atoms with Crippen molar-refractivity contribution in [3.63, 3.8) is 0 Å². The Bertz CT molecular complexity index is 735. The molecule has 5 nitrogen and oxygen atoms in total. The van der Waals surface area contributed by atoms with E-state index in [9.17, 15) is 4.79 Å². The van der Waals surface area contributed by atoms with Crippen LogP contribution in [0.25, 0.3) is 0 Å². The van der Waals surface area contributed by atoms with Gasteiger partial charge in [-0.1, -0.05) is 12.1 Å². The van der Waals surface area contributed by atoms with Gasteiger partial charge in [0.05, 0.1) is 11.9 Å². The number of nitrogens with one attached hydrogen (secondary N) is 1. The van der Waals surface area contributed by atoms with E-state index < -0.39 is 0 Å². The van der Waals surface area contributed by atoms with E-state index in [-0.39, 0.29) is 5.91 Å². The molecule has 3 heterocycles. The molecule has 2 aliphatic rings. The zero-order valence-electron chi connectivity index (χ0n) is 15.1. The fraction of sp³-hybridized carbons (Fsp3) is 0.429.